The van der Waals surface area contributed by atoms with Crippen LogP contribution in [-0.2, 0) is 0 Å². The summed E-state index contributed by atoms with van der Waals surface area (Å²) in [6.45, 7) is 0.939. The van der Waals surface area contributed by atoms with Crippen LogP contribution >= 0.6 is 0 Å². The van der Waals surface area contributed by atoms with Gasteiger partial charge in [-0.3, -0.25) is 9.89 Å². The highest BCUT2D eigenvalue weighted by Crippen LogP contribution is 2.42. The second-order valence-corrected chi connectivity index (χ2v) is 5.83. The molecule has 0 radical (unpaired) electrons. The third-order valence-electron chi connectivity index (χ3n) is 4.36. The first kappa shape index (κ1) is 13.4. The van der Waals surface area contributed by atoms with E-state index >= 15 is 0 Å². The molecule has 1 saturated heterocycles. The zero-order valence-electron chi connectivity index (χ0n) is 11.6. The van der Waals surface area contributed by atoms with Crippen molar-refractivity contribution in [3.63, 3.8) is 0 Å². The Balaban J connectivity index is 1.74. The number of aliphatic hydroxyl groups is 1. The SMILES string of the molecule is Nc1c(C(=O)N2CCCC2CCCO)n[nH]c1C1CC1. The van der Waals surface area contributed by atoms with Gasteiger partial charge in [0.05, 0.1) is 11.4 Å². The minimum atomic E-state index is -0.0638. The zero-order chi connectivity index (χ0) is 14.1. The van der Waals surface area contributed by atoms with E-state index in [1.54, 1.807) is 0 Å². The predicted octanol–water partition coefficient (Wildman–Crippen LogP) is 1.25. The third-order valence-corrected chi connectivity index (χ3v) is 4.36. The van der Waals surface area contributed by atoms with Crippen LogP contribution in [0.15, 0.2) is 0 Å². The molecule has 2 heterocycles. The van der Waals surface area contributed by atoms with Gasteiger partial charge in [0, 0.05) is 25.1 Å². The Kier molecular flexibility index (Phi) is 3.65. The summed E-state index contributed by atoms with van der Waals surface area (Å²) in [5.41, 5.74) is 7.92. The van der Waals surface area contributed by atoms with E-state index in [-0.39, 0.29) is 18.6 Å². The Morgan fingerprint density at radius 1 is 1.45 bits per heavy atom. The van der Waals surface area contributed by atoms with E-state index in [9.17, 15) is 4.79 Å². The Morgan fingerprint density at radius 3 is 2.95 bits per heavy atom. The fourth-order valence-corrected chi connectivity index (χ4v) is 3.08. The number of H-pyrrole nitrogens is 1. The van der Waals surface area contributed by atoms with Crippen molar-refractivity contribution < 1.29 is 9.90 Å². The number of hydrogen-bond acceptors (Lipinski definition) is 4. The molecule has 1 unspecified atom stereocenters. The van der Waals surface area contributed by atoms with Crippen LogP contribution in [0.25, 0.3) is 0 Å². The lowest BCUT2D eigenvalue weighted by Gasteiger charge is -2.23. The second-order valence-electron chi connectivity index (χ2n) is 5.83. The predicted molar refractivity (Wildman–Crippen MR) is 75.4 cm³/mol. The first-order valence-electron chi connectivity index (χ1n) is 7.48. The van der Waals surface area contributed by atoms with Crippen LogP contribution < -0.4 is 5.73 Å². The van der Waals surface area contributed by atoms with Gasteiger partial charge in [-0.1, -0.05) is 0 Å². The highest BCUT2D eigenvalue weighted by Gasteiger charge is 2.34. The van der Waals surface area contributed by atoms with Gasteiger partial charge in [0.25, 0.3) is 5.91 Å². The van der Waals surface area contributed by atoms with Gasteiger partial charge in [0.1, 0.15) is 0 Å². The van der Waals surface area contributed by atoms with Crippen molar-refractivity contribution in [2.24, 2.45) is 0 Å². The van der Waals surface area contributed by atoms with E-state index in [4.69, 9.17) is 10.8 Å². The van der Waals surface area contributed by atoms with E-state index < -0.39 is 0 Å². The molecule has 6 nitrogen and oxygen atoms in total. The van der Waals surface area contributed by atoms with E-state index in [2.05, 4.69) is 10.2 Å². The summed E-state index contributed by atoms with van der Waals surface area (Å²) >= 11 is 0. The van der Waals surface area contributed by atoms with Crippen molar-refractivity contribution in [2.75, 3.05) is 18.9 Å². The average molecular weight is 278 g/mol. The molecule has 1 aliphatic carbocycles. The van der Waals surface area contributed by atoms with E-state index in [1.807, 2.05) is 4.90 Å². The molecule has 1 atom stereocenters. The van der Waals surface area contributed by atoms with Crippen LogP contribution in [-0.4, -0.2) is 45.3 Å². The second kappa shape index (κ2) is 5.44. The highest BCUT2D eigenvalue weighted by molar-refractivity contribution is 5.98. The summed E-state index contributed by atoms with van der Waals surface area (Å²) < 4.78 is 0. The Bertz CT molecular complexity index is 495. The number of hydrogen-bond donors (Lipinski definition) is 3. The molecule has 0 aromatic carbocycles. The van der Waals surface area contributed by atoms with Crippen LogP contribution in [0, 0.1) is 0 Å². The molecule has 2 aliphatic rings. The molecule has 3 rings (SSSR count). The quantitative estimate of drug-likeness (QED) is 0.755. The largest absolute Gasteiger partial charge is 0.396 e. The molecule has 1 aromatic heterocycles. The first-order chi connectivity index (χ1) is 9.72. The van der Waals surface area contributed by atoms with E-state index in [1.165, 1.54) is 0 Å². The number of likely N-dealkylation sites (tertiary alicyclic amines) is 1. The Morgan fingerprint density at radius 2 is 2.25 bits per heavy atom. The summed E-state index contributed by atoms with van der Waals surface area (Å²) in [5.74, 6) is 0.402. The first-order valence-corrected chi connectivity index (χ1v) is 7.48. The lowest BCUT2D eigenvalue weighted by atomic mass is 10.1. The summed E-state index contributed by atoms with van der Waals surface area (Å²) in [5, 5.41) is 16.0. The van der Waals surface area contributed by atoms with Crippen molar-refractivity contribution in [1.29, 1.82) is 0 Å². The number of carbonyl (C=O) groups is 1. The lowest BCUT2D eigenvalue weighted by molar-refractivity contribution is 0.0719. The highest BCUT2D eigenvalue weighted by atomic mass is 16.3. The van der Waals surface area contributed by atoms with Crippen molar-refractivity contribution in [2.45, 2.75) is 50.5 Å². The van der Waals surface area contributed by atoms with Gasteiger partial charge in [-0.25, -0.2) is 0 Å². The maximum absolute atomic E-state index is 12.6. The number of aromatic amines is 1. The molecular formula is C14H22N4O2. The van der Waals surface area contributed by atoms with Gasteiger partial charge in [0.2, 0.25) is 0 Å². The molecule has 1 aromatic rings. The zero-order valence-corrected chi connectivity index (χ0v) is 11.6. The third kappa shape index (κ3) is 2.40. The van der Waals surface area contributed by atoms with Gasteiger partial charge in [0.15, 0.2) is 5.69 Å². The molecule has 2 fully saturated rings. The Labute approximate surface area is 118 Å². The molecule has 1 aliphatic heterocycles. The number of nitrogens with one attached hydrogen (secondary N) is 1. The van der Waals surface area contributed by atoms with Crippen molar-refractivity contribution >= 4 is 11.6 Å². The van der Waals surface area contributed by atoms with Crippen molar-refractivity contribution in [3.05, 3.63) is 11.4 Å². The lowest BCUT2D eigenvalue weighted by Crippen LogP contribution is -2.36. The molecule has 6 heteroatoms. The van der Waals surface area contributed by atoms with Gasteiger partial charge in [-0.05, 0) is 38.5 Å². The number of amides is 1. The molecule has 1 saturated carbocycles. The number of aromatic nitrogens is 2. The number of nitrogens with two attached hydrogens (primary N) is 1. The summed E-state index contributed by atoms with van der Waals surface area (Å²) in [4.78, 5) is 14.5. The minimum absolute atomic E-state index is 0.0638. The molecular weight excluding hydrogens is 256 g/mol. The number of nitrogens with zero attached hydrogens (tertiary/aromatic N) is 2. The van der Waals surface area contributed by atoms with Gasteiger partial charge >= 0.3 is 0 Å². The number of anilines is 1. The maximum Gasteiger partial charge on any atom is 0.276 e. The van der Waals surface area contributed by atoms with E-state index in [0.29, 0.717) is 17.3 Å². The number of carbonyl (C=O) groups excluding carboxylic acids is 1. The number of aliphatic hydroxyl groups excluding tert-OH is 1. The summed E-state index contributed by atoms with van der Waals surface area (Å²) in [6, 6.07) is 0.218. The fraction of sp³-hybridized carbons (Fsp3) is 0.714. The smallest absolute Gasteiger partial charge is 0.276 e. The molecule has 1 amide bonds. The summed E-state index contributed by atoms with van der Waals surface area (Å²) in [7, 11) is 0. The normalized spacial score (nSPS) is 22.4. The van der Waals surface area contributed by atoms with Crippen LogP contribution in [0.5, 0.6) is 0 Å². The number of rotatable bonds is 5. The summed E-state index contributed by atoms with van der Waals surface area (Å²) in [6.07, 6.45) is 5.86. The van der Waals surface area contributed by atoms with Gasteiger partial charge in [-0.15, -0.1) is 0 Å². The van der Waals surface area contributed by atoms with Crippen molar-refractivity contribution in [3.8, 4) is 0 Å². The van der Waals surface area contributed by atoms with Crippen LogP contribution in [0.1, 0.15) is 60.6 Å². The van der Waals surface area contributed by atoms with Crippen LogP contribution in [0.3, 0.4) is 0 Å². The molecule has 110 valence electrons. The van der Waals surface area contributed by atoms with Crippen LogP contribution in [0.2, 0.25) is 0 Å². The monoisotopic (exact) mass is 278 g/mol. The topological polar surface area (TPSA) is 95.2 Å². The average Bonchev–Trinajstić information content (AvgIpc) is 3.05. The molecule has 20 heavy (non-hydrogen) atoms. The molecule has 4 N–H and O–H groups in total. The number of nitrogen functional groups attached to an aromatic ring is 1. The Hall–Kier alpha value is -1.56. The van der Waals surface area contributed by atoms with Crippen molar-refractivity contribution in [1.82, 2.24) is 15.1 Å². The van der Waals surface area contributed by atoms with Gasteiger partial charge in [-0.2, -0.15) is 5.10 Å². The maximum atomic E-state index is 12.6. The standard InChI is InChI=1S/C14H22N4O2/c15-11-12(9-5-6-9)16-17-13(11)14(20)18-7-1-3-10(18)4-2-8-19/h9-10,19H,1-8,15H2,(H,16,17). The molecule has 0 bridgehead atoms. The fourth-order valence-electron chi connectivity index (χ4n) is 3.08. The van der Waals surface area contributed by atoms with E-state index in [0.717, 1.165) is 50.8 Å². The molecule has 0 spiro atoms. The minimum Gasteiger partial charge on any atom is -0.396 e. The van der Waals surface area contributed by atoms with Gasteiger partial charge < -0.3 is 15.7 Å². The van der Waals surface area contributed by atoms with Crippen LogP contribution in [0.4, 0.5) is 5.69 Å².